The van der Waals surface area contributed by atoms with E-state index < -0.39 is 0 Å². The quantitative estimate of drug-likeness (QED) is 0.290. The Hall–Kier alpha value is -1.28. The molecule has 3 aromatic rings. The van der Waals surface area contributed by atoms with Crippen molar-refractivity contribution in [1.29, 1.82) is 0 Å². The molecule has 0 saturated carbocycles. The van der Waals surface area contributed by atoms with Gasteiger partial charge in [-0.3, -0.25) is 4.79 Å². The lowest BCUT2D eigenvalue weighted by Crippen LogP contribution is -2.34. The highest BCUT2D eigenvalue weighted by Gasteiger charge is 2.18. The van der Waals surface area contributed by atoms with Crippen molar-refractivity contribution in [1.82, 2.24) is 0 Å². The monoisotopic (exact) mass is 589 g/mol. The molecule has 28 heavy (non-hydrogen) atoms. The number of ether oxygens (including phenoxy) is 1. The SMILES string of the molecule is O=C(COc1ccc(Cl)cc1Cl)N(Cc1ccc(Br)cc1)c1ccc(I)cc1. The highest BCUT2D eigenvalue weighted by molar-refractivity contribution is 14.1. The van der Waals surface area contributed by atoms with Crippen LogP contribution in [0.3, 0.4) is 0 Å². The summed E-state index contributed by atoms with van der Waals surface area (Å²) < 4.78 is 7.73. The molecule has 0 atom stereocenters. The van der Waals surface area contributed by atoms with Crippen LogP contribution in [-0.2, 0) is 11.3 Å². The first-order valence-electron chi connectivity index (χ1n) is 8.30. The molecule has 0 radical (unpaired) electrons. The minimum absolute atomic E-state index is 0.135. The van der Waals surface area contributed by atoms with Crippen molar-refractivity contribution >= 4 is 73.3 Å². The van der Waals surface area contributed by atoms with Crippen molar-refractivity contribution in [3.63, 3.8) is 0 Å². The van der Waals surface area contributed by atoms with Crippen molar-refractivity contribution in [3.05, 3.63) is 90.4 Å². The summed E-state index contributed by atoms with van der Waals surface area (Å²) in [5.74, 6) is 0.251. The minimum Gasteiger partial charge on any atom is -0.482 e. The fraction of sp³-hybridized carbons (Fsp3) is 0.0952. The third-order valence-corrected chi connectivity index (χ3v) is 5.72. The molecule has 0 aliphatic heterocycles. The van der Waals surface area contributed by atoms with Crippen molar-refractivity contribution in [3.8, 4) is 5.75 Å². The van der Waals surface area contributed by atoms with Crippen LogP contribution in [0.1, 0.15) is 5.56 Å². The average molecular weight is 591 g/mol. The third-order valence-electron chi connectivity index (χ3n) is 3.94. The van der Waals surface area contributed by atoms with Gasteiger partial charge in [0.1, 0.15) is 5.75 Å². The van der Waals surface area contributed by atoms with E-state index in [9.17, 15) is 4.79 Å². The summed E-state index contributed by atoms with van der Waals surface area (Å²) in [6, 6.07) is 20.6. The normalized spacial score (nSPS) is 10.6. The molecule has 0 aromatic heterocycles. The Morgan fingerprint density at radius 2 is 1.68 bits per heavy atom. The Balaban J connectivity index is 1.79. The molecule has 0 N–H and O–H groups in total. The maximum absolute atomic E-state index is 13.0. The van der Waals surface area contributed by atoms with Gasteiger partial charge in [-0.05, 0) is 82.8 Å². The zero-order valence-electron chi connectivity index (χ0n) is 14.5. The summed E-state index contributed by atoms with van der Waals surface area (Å²) in [7, 11) is 0. The first-order chi connectivity index (χ1) is 13.4. The summed E-state index contributed by atoms with van der Waals surface area (Å²) in [5.41, 5.74) is 1.82. The number of amides is 1. The molecule has 0 bridgehead atoms. The van der Waals surface area contributed by atoms with Crippen LogP contribution in [0.25, 0.3) is 0 Å². The van der Waals surface area contributed by atoms with E-state index in [2.05, 4.69) is 38.5 Å². The summed E-state index contributed by atoms with van der Waals surface area (Å²) in [4.78, 5) is 14.7. The van der Waals surface area contributed by atoms with E-state index in [0.717, 1.165) is 19.3 Å². The number of hydrogen-bond acceptors (Lipinski definition) is 2. The lowest BCUT2D eigenvalue weighted by Gasteiger charge is -2.23. The van der Waals surface area contributed by atoms with E-state index in [1.807, 2.05) is 48.5 Å². The van der Waals surface area contributed by atoms with Gasteiger partial charge in [-0.15, -0.1) is 0 Å². The van der Waals surface area contributed by atoms with Crippen LogP contribution >= 0.6 is 61.7 Å². The number of carbonyl (C=O) groups excluding carboxylic acids is 1. The summed E-state index contributed by atoms with van der Waals surface area (Å²) in [6.07, 6.45) is 0. The maximum atomic E-state index is 13.0. The summed E-state index contributed by atoms with van der Waals surface area (Å²) >= 11 is 17.7. The van der Waals surface area contributed by atoms with Crippen molar-refractivity contribution in [2.45, 2.75) is 6.54 Å². The predicted molar refractivity (Wildman–Crippen MR) is 126 cm³/mol. The average Bonchev–Trinajstić information content (AvgIpc) is 2.67. The van der Waals surface area contributed by atoms with Gasteiger partial charge in [0.15, 0.2) is 6.61 Å². The van der Waals surface area contributed by atoms with Gasteiger partial charge in [-0.25, -0.2) is 0 Å². The lowest BCUT2D eigenvalue weighted by molar-refractivity contribution is -0.120. The van der Waals surface area contributed by atoms with Crippen LogP contribution in [-0.4, -0.2) is 12.5 Å². The predicted octanol–water partition coefficient (Wildman–Crippen LogP) is 6.97. The Kier molecular flexibility index (Phi) is 7.62. The van der Waals surface area contributed by atoms with Gasteiger partial charge >= 0.3 is 0 Å². The third kappa shape index (κ3) is 5.86. The molecular formula is C21H15BrCl2INO2. The second kappa shape index (κ2) is 9.96. The Morgan fingerprint density at radius 3 is 2.32 bits per heavy atom. The van der Waals surface area contributed by atoms with Crippen LogP contribution in [0.5, 0.6) is 5.75 Å². The van der Waals surface area contributed by atoms with Crippen molar-refractivity contribution < 1.29 is 9.53 Å². The van der Waals surface area contributed by atoms with E-state index in [0.29, 0.717) is 22.3 Å². The van der Waals surface area contributed by atoms with Crippen molar-refractivity contribution in [2.75, 3.05) is 11.5 Å². The van der Waals surface area contributed by atoms with E-state index in [1.54, 1.807) is 23.1 Å². The van der Waals surface area contributed by atoms with Crippen LogP contribution < -0.4 is 9.64 Å². The van der Waals surface area contributed by atoms with Gasteiger partial charge in [0.25, 0.3) is 5.91 Å². The number of carbonyl (C=O) groups is 1. The van der Waals surface area contributed by atoms with Crippen LogP contribution in [0.4, 0.5) is 5.69 Å². The molecule has 3 rings (SSSR count). The standard InChI is InChI=1S/C21H15BrCl2INO2/c22-15-3-1-14(2-4-15)12-26(18-8-6-17(25)7-9-18)21(27)13-28-20-10-5-16(23)11-19(20)24/h1-11H,12-13H2. The molecule has 0 heterocycles. The second-order valence-electron chi connectivity index (χ2n) is 5.95. The molecule has 3 aromatic carbocycles. The molecule has 0 aliphatic rings. The topological polar surface area (TPSA) is 29.5 Å². The van der Waals surface area contributed by atoms with Crippen LogP contribution in [0.15, 0.2) is 71.2 Å². The number of halogens is 4. The van der Waals surface area contributed by atoms with Gasteiger partial charge in [0.05, 0.1) is 11.6 Å². The number of hydrogen-bond donors (Lipinski definition) is 0. The molecule has 0 spiro atoms. The largest absolute Gasteiger partial charge is 0.482 e. The number of rotatable bonds is 6. The molecule has 0 saturated heterocycles. The van der Waals surface area contributed by atoms with E-state index in [-0.39, 0.29) is 12.5 Å². The molecule has 0 fully saturated rings. The molecule has 1 amide bonds. The molecule has 0 unspecified atom stereocenters. The van der Waals surface area contributed by atoms with E-state index in [4.69, 9.17) is 27.9 Å². The summed E-state index contributed by atoms with van der Waals surface area (Å²) in [5, 5.41) is 0.883. The van der Waals surface area contributed by atoms with Crippen LogP contribution in [0.2, 0.25) is 10.0 Å². The molecular weight excluding hydrogens is 576 g/mol. The number of anilines is 1. The smallest absolute Gasteiger partial charge is 0.265 e. The Labute approximate surface area is 195 Å². The molecule has 7 heteroatoms. The van der Waals surface area contributed by atoms with Gasteiger partial charge in [0, 0.05) is 18.8 Å². The molecule has 3 nitrogen and oxygen atoms in total. The van der Waals surface area contributed by atoms with Gasteiger partial charge in [-0.1, -0.05) is 51.3 Å². The van der Waals surface area contributed by atoms with Crippen LogP contribution in [0, 0.1) is 3.57 Å². The molecule has 144 valence electrons. The fourth-order valence-electron chi connectivity index (χ4n) is 2.53. The Bertz CT molecular complexity index is 965. The first kappa shape index (κ1) is 21.4. The van der Waals surface area contributed by atoms with E-state index >= 15 is 0 Å². The van der Waals surface area contributed by atoms with Gasteiger partial charge < -0.3 is 9.64 Å². The van der Waals surface area contributed by atoms with Gasteiger partial charge in [0.2, 0.25) is 0 Å². The summed E-state index contributed by atoms with van der Waals surface area (Å²) in [6.45, 7) is 0.300. The highest BCUT2D eigenvalue weighted by atomic mass is 127. The fourth-order valence-corrected chi connectivity index (χ4v) is 3.61. The zero-order chi connectivity index (χ0) is 20.1. The zero-order valence-corrected chi connectivity index (χ0v) is 19.8. The Morgan fingerprint density at radius 1 is 1.00 bits per heavy atom. The number of benzene rings is 3. The van der Waals surface area contributed by atoms with Gasteiger partial charge in [-0.2, -0.15) is 0 Å². The number of nitrogens with zero attached hydrogens (tertiary/aromatic N) is 1. The minimum atomic E-state index is -0.171. The highest BCUT2D eigenvalue weighted by Crippen LogP contribution is 2.28. The van der Waals surface area contributed by atoms with E-state index in [1.165, 1.54) is 0 Å². The maximum Gasteiger partial charge on any atom is 0.265 e. The molecule has 0 aliphatic carbocycles. The first-order valence-corrected chi connectivity index (χ1v) is 10.9. The second-order valence-corrected chi connectivity index (χ2v) is 8.95. The lowest BCUT2D eigenvalue weighted by atomic mass is 10.2. The van der Waals surface area contributed by atoms with Crippen molar-refractivity contribution in [2.24, 2.45) is 0 Å².